The number of nitrogens with zero attached hydrogens (tertiary/aromatic N) is 1. The fourth-order valence-corrected chi connectivity index (χ4v) is 5.31. The highest BCUT2D eigenvalue weighted by atomic mass is 32.2. The Morgan fingerprint density at radius 1 is 1.07 bits per heavy atom. The molecule has 0 aliphatic carbocycles. The number of hydrogen-bond donors (Lipinski definition) is 1. The largest absolute Gasteiger partial charge is 0.497 e. The predicted molar refractivity (Wildman–Crippen MR) is 115 cm³/mol. The fourth-order valence-electron chi connectivity index (χ4n) is 2.93. The lowest BCUT2D eigenvalue weighted by molar-refractivity contribution is 0.287. The molecule has 1 heterocycles. The van der Waals surface area contributed by atoms with Crippen LogP contribution < -0.4 is 19.1 Å². The number of hydrogen-bond acceptors (Lipinski definition) is 6. The van der Waals surface area contributed by atoms with Gasteiger partial charge >= 0.3 is 4.87 Å². The molecule has 0 radical (unpaired) electrons. The van der Waals surface area contributed by atoms with Crippen LogP contribution in [0.1, 0.15) is 26.8 Å². The molecule has 0 bridgehead atoms. The van der Waals surface area contributed by atoms with Crippen molar-refractivity contribution >= 4 is 31.6 Å². The summed E-state index contributed by atoms with van der Waals surface area (Å²) in [5.74, 6) is 1.34. The Balaban J connectivity index is 1.71. The van der Waals surface area contributed by atoms with Crippen molar-refractivity contribution in [1.29, 1.82) is 0 Å². The van der Waals surface area contributed by atoms with Crippen molar-refractivity contribution in [1.82, 2.24) is 9.29 Å². The van der Waals surface area contributed by atoms with Crippen molar-refractivity contribution in [2.75, 3.05) is 13.7 Å². The first-order chi connectivity index (χ1) is 13.7. The van der Waals surface area contributed by atoms with Gasteiger partial charge in [0.2, 0.25) is 10.0 Å². The number of aromatic nitrogens is 1. The van der Waals surface area contributed by atoms with Crippen LogP contribution in [0.25, 0.3) is 10.2 Å². The van der Waals surface area contributed by atoms with Gasteiger partial charge in [-0.1, -0.05) is 11.3 Å². The highest BCUT2D eigenvalue weighted by molar-refractivity contribution is 7.89. The zero-order chi connectivity index (χ0) is 21.2. The number of nitrogens with one attached hydrogen (secondary N) is 1. The summed E-state index contributed by atoms with van der Waals surface area (Å²) in [5, 5.41) is 0. The van der Waals surface area contributed by atoms with Crippen molar-refractivity contribution in [2.45, 2.75) is 37.8 Å². The van der Waals surface area contributed by atoms with E-state index in [9.17, 15) is 13.2 Å². The van der Waals surface area contributed by atoms with Crippen LogP contribution in [0, 0.1) is 0 Å². The first-order valence-corrected chi connectivity index (χ1v) is 11.5. The first-order valence-electron chi connectivity index (χ1n) is 9.15. The van der Waals surface area contributed by atoms with E-state index in [-0.39, 0.29) is 22.4 Å². The molecule has 0 spiro atoms. The van der Waals surface area contributed by atoms with Crippen LogP contribution in [0.2, 0.25) is 0 Å². The Kier molecular flexibility index (Phi) is 6.30. The molecule has 0 amide bonds. The molecule has 0 aliphatic rings. The molecule has 1 N–H and O–H groups in total. The average Bonchev–Trinajstić information content (AvgIpc) is 3.01. The Morgan fingerprint density at radius 3 is 2.34 bits per heavy atom. The van der Waals surface area contributed by atoms with Gasteiger partial charge in [-0.05, 0) is 63.2 Å². The van der Waals surface area contributed by atoms with Gasteiger partial charge in [0.25, 0.3) is 0 Å². The molecule has 0 unspecified atom stereocenters. The maximum atomic E-state index is 12.7. The lowest BCUT2D eigenvalue weighted by Gasteiger charge is -2.16. The molecule has 156 valence electrons. The summed E-state index contributed by atoms with van der Waals surface area (Å²) in [7, 11) is -2.16. The highest BCUT2D eigenvalue weighted by Crippen LogP contribution is 2.24. The van der Waals surface area contributed by atoms with E-state index in [2.05, 4.69) is 4.72 Å². The van der Waals surface area contributed by atoms with E-state index >= 15 is 0 Å². The van der Waals surface area contributed by atoms with E-state index in [1.807, 2.05) is 13.8 Å². The molecule has 29 heavy (non-hydrogen) atoms. The number of benzene rings is 2. The number of fused-ring (bicyclic) bond motifs is 1. The second kappa shape index (κ2) is 8.56. The van der Waals surface area contributed by atoms with Gasteiger partial charge in [0, 0.05) is 6.04 Å². The van der Waals surface area contributed by atoms with Crippen LogP contribution in [-0.2, 0) is 10.0 Å². The number of thiazole rings is 1. The molecule has 0 fully saturated rings. The van der Waals surface area contributed by atoms with E-state index in [1.165, 1.54) is 6.07 Å². The maximum absolute atomic E-state index is 12.7. The number of rotatable bonds is 8. The second-order valence-corrected chi connectivity index (χ2v) is 9.68. The Hall–Kier alpha value is -2.36. The normalized spacial score (nSPS) is 13.0. The van der Waals surface area contributed by atoms with Crippen LogP contribution in [-0.4, -0.2) is 32.7 Å². The Bertz CT molecular complexity index is 1150. The minimum atomic E-state index is -3.74. The smallest absolute Gasteiger partial charge is 0.308 e. The summed E-state index contributed by atoms with van der Waals surface area (Å²) in [6, 6.07) is 11.4. The molecular weight excluding hydrogens is 412 g/mol. The molecule has 1 aromatic heterocycles. The zero-order valence-electron chi connectivity index (χ0n) is 16.7. The van der Waals surface area contributed by atoms with Gasteiger partial charge in [0.15, 0.2) is 0 Å². The summed E-state index contributed by atoms with van der Waals surface area (Å²) >= 11 is 1.05. The predicted octanol–water partition coefficient (Wildman–Crippen LogP) is 3.40. The van der Waals surface area contributed by atoms with Crippen molar-refractivity contribution < 1.29 is 17.9 Å². The molecule has 7 nitrogen and oxygen atoms in total. The van der Waals surface area contributed by atoms with Crippen LogP contribution in [0.3, 0.4) is 0 Å². The molecule has 0 aliphatic heterocycles. The topological polar surface area (TPSA) is 86.6 Å². The van der Waals surface area contributed by atoms with Crippen molar-refractivity contribution in [3.63, 3.8) is 0 Å². The van der Waals surface area contributed by atoms with Crippen molar-refractivity contribution in [3.05, 3.63) is 52.1 Å². The number of methoxy groups -OCH3 is 1. The maximum Gasteiger partial charge on any atom is 0.308 e. The third-order valence-corrected chi connectivity index (χ3v) is 6.83. The van der Waals surface area contributed by atoms with E-state index in [0.29, 0.717) is 10.4 Å². The van der Waals surface area contributed by atoms with E-state index in [1.54, 1.807) is 55.0 Å². The van der Waals surface area contributed by atoms with Gasteiger partial charge < -0.3 is 9.47 Å². The van der Waals surface area contributed by atoms with Gasteiger partial charge in [-0.15, -0.1) is 0 Å². The first kappa shape index (κ1) is 21.4. The summed E-state index contributed by atoms with van der Waals surface area (Å²) in [5.41, 5.74) is 0.741. The number of sulfonamides is 1. The van der Waals surface area contributed by atoms with Crippen LogP contribution in [0.4, 0.5) is 0 Å². The van der Waals surface area contributed by atoms with Gasteiger partial charge in [-0.25, -0.2) is 13.1 Å². The molecule has 1 atom stereocenters. The lowest BCUT2D eigenvalue weighted by Crippen LogP contribution is -2.36. The van der Waals surface area contributed by atoms with Gasteiger partial charge in [0.1, 0.15) is 18.1 Å². The molecule has 9 heteroatoms. The molecule has 2 aromatic carbocycles. The van der Waals surface area contributed by atoms with Gasteiger partial charge in [0.05, 0.1) is 28.3 Å². The van der Waals surface area contributed by atoms with Gasteiger partial charge in [-0.2, -0.15) is 0 Å². The summed E-state index contributed by atoms with van der Waals surface area (Å²) in [6.45, 7) is 5.74. The summed E-state index contributed by atoms with van der Waals surface area (Å²) in [4.78, 5) is 12.2. The van der Waals surface area contributed by atoms with E-state index < -0.39 is 16.1 Å². The Morgan fingerprint density at radius 2 is 1.72 bits per heavy atom. The second-order valence-electron chi connectivity index (χ2n) is 6.97. The molecule has 3 rings (SSSR count). The van der Waals surface area contributed by atoms with Crippen LogP contribution in [0.5, 0.6) is 11.5 Å². The standard InChI is InChI=1S/C20H24N2O5S2/c1-13(2)22-18-10-9-17(11-19(18)28-20(22)23)29(24,25)21-14(3)12-27-16-7-5-15(26-4)6-8-16/h5-11,13-14,21H,12H2,1-4H3/t14-/m0/s1. The van der Waals surface area contributed by atoms with E-state index in [0.717, 1.165) is 22.6 Å². The molecule has 0 saturated heterocycles. The molecule has 0 saturated carbocycles. The quantitative estimate of drug-likeness (QED) is 0.585. The van der Waals surface area contributed by atoms with Crippen molar-refractivity contribution in [2.24, 2.45) is 0 Å². The average molecular weight is 437 g/mol. The zero-order valence-corrected chi connectivity index (χ0v) is 18.3. The van der Waals surface area contributed by atoms with E-state index in [4.69, 9.17) is 9.47 Å². The van der Waals surface area contributed by atoms with Crippen LogP contribution in [0.15, 0.2) is 52.2 Å². The molecular formula is C20H24N2O5S2. The monoisotopic (exact) mass is 436 g/mol. The molecule has 3 aromatic rings. The minimum Gasteiger partial charge on any atom is -0.497 e. The SMILES string of the molecule is COc1ccc(OC[C@H](C)NS(=O)(=O)c2ccc3c(c2)sc(=O)n3C(C)C)cc1. The van der Waals surface area contributed by atoms with Gasteiger partial charge in [-0.3, -0.25) is 9.36 Å². The highest BCUT2D eigenvalue weighted by Gasteiger charge is 2.20. The summed E-state index contributed by atoms with van der Waals surface area (Å²) in [6.07, 6.45) is 0. The fraction of sp³-hybridized carbons (Fsp3) is 0.350. The Labute approximate surface area is 173 Å². The third-order valence-electron chi connectivity index (χ3n) is 4.33. The third kappa shape index (κ3) is 4.80. The van der Waals surface area contributed by atoms with Crippen LogP contribution >= 0.6 is 11.3 Å². The summed E-state index contributed by atoms with van der Waals surface area (Å²) < 4.78 is 41.1. The lowest BCUT2D eigenvalue weighted by atomic mass is 10.3. The minimum absolute atomic E-state index is 0.00644. The van der Waals surface area contributed by atoms with Crippen molar-refractivity contribution in [3.8, 4) is 11.5 Å². The number of ether oxygens (including phenoxy) is 2.